The van der Waals surface area contributed by atoms with Crippen molar-refractivity contribution in [2.24, 2.45) is 0 Å². The van der Waals surface area contributed by atoms with Crippen molar-refractivity contribution in [3.8, 4) is 6.07 Å². The fourth-order valence-electron chi connectivity index (χ4n) is 1.66. The molecule has 1 aromatic carbocycles. The Morgan fingerprint density at radius 3 is 2.76 bits per heavy atom. The van der Waals surface area contributed by atoms with Gasteiger partial charge in [0.25, 0.3) is 0 Å². The molecule has 1 N–H and O–H groups in total. The van der Waals surface area contributed by atoms with Crippen LogP contribution in [0.5, 0.6) is 0 Å². The average Bonchev–Trinajstić information content (AvgIpc) is 2.92. The van der Waals surface area contributed by atoms with Gasteiger partial charge < -0.3 is 10.1 Å². The van der Waals surface area contributed by atoms with Crippen LogP contribution < -0.4 is 5.32 Å². The molecular formula is C15H12N2O3S. The Bertz CT molecular complexity index is 716. The van der Waals surface area contributed by atoms with Gasteiger partial charge in [-0.1, -0.05) is 18.2 Å². The summed E-state index contributed by atoms with van der Waals surface area (Å²) in [5.74, 6) is -0.677. The van der Waals surface area contributed by atoms with Crippen LogP contribution in [0.1, 0.15) is 27.7 Å². The molecule has 1 aromatic heterocycles. The Kier molecular flexibility index (Phi) is 4.69. The highest BCUT2D eigenvalue weighted by Crippen LogP contribution is 2.23. The molecule has 0 atom stereocenters. The first kappa shape index (κ1) is 14.8. The number of esters is 1. The third-order valence-corrected chi connectivity index (χ3v) is 3.58. The van der Waals surface area contributed by atoms with Crippen LogP contribution in [-0.2, 0) is 16.1 Å². The second kappa shape index (κ2) is 6.68. The third-order valence-electron chi connectivity index (χ3n) is 2.60. The molecule has 0 bridgehead atoms. The number of carbonyl (C=O) groups excluding carboxylic acids is 2. The van der Waals surface area contributed by atoms with Gasteiger partial charge in [0.15, 0.2) is 0 Å². The molecule has 2 aromatic rings. The molecule has 1 heterocycles. The van der Waals surface area contributed by atoms with Crippen LogP contribution in [0, 0.1) is 11.3 Å². The number of nitrogens with zero attached hydrogens (tertiary/aromatic N) is 1. The van der Waals surface area contributed by atoms with Crippen LogP contribution in [0.15, 0.2) is 36.4 Å². The van der Waals surface area contributed by atoms with Crippen LogP contribution in [0.3, 0.4) is 0 Å². The molecule has 0 spiro atoms. The topological polar surface area (TPSA) is 79.2 Å². The van der Waals surface area contributed by atoms with Gasteiger partial charge in [0.05, 0.1) is 16.6 Å². The maximum absolute atomic E-state index is 11.9. The zero-order chi connectivity index (χ0) is 15.2. The molecule has 0 radical (unpaired) electrons. The molecule has 106 valence electrons. The second-order valence-corrected chi connectivity index (χ2v) is 5.27. The summed E-state index contributed by atoms with van der Waals surface area (Å²) >= 11 is 1.14. The largest absolute Gasteiger partial charge is 0.457 e. The summed E-state index contributed by atoms with van der Waals surface area (Å²) in [6.45, 7) is 1.44. The molecule has 0 fully saturated rings. The molecule has 6 heteroatoms. The number of anilines is 1. The van der Waals surface area contributed by atoms with E-state index in [0.29, 0.717) is 21.0 Å². The molecule has 0 aliphatic carbocycles. The van der Waals surface area contributed by atoms with Crippen molar-refractivity contribution in [3.05, 3.63) is 52.4 Å². The van der Waals surface area contributed by atoms with E-state index in [-0.39, 0.29) is 12.5 Å². The van der Waals surface area contributed by atoms with Crippen molar-refractivity contribution < 1.29 is 14.3 Å². The first-order valence-electron chi connectivity index (χ1n) is 6.12. The average molecular weight is 300 g/mol. The monoisotopic (exact) mass is 300 g/mol. The lowest BCUT2D eigenvalue weighted by molar-refractivity contribution is -0.114. The van der Waals surface area contributed by atoms with Crippen molar-refractivity contribution in [2.75, 3.05) is 5.32 Å². The van der Waals surface area contributed by atoms with Gasteiger partial charge in [-0.25, -0.2) is 4.79 Å². The van der Waals surface area contributed by atoms with Crippen LogP contribution in [0.25, 0.3) is 0 Å². The smallest absolute Gasteiger partial charge is 0.348 e. The zero-order valence-electron chi connectivity index (χ0n) is 11.3. The highest BCUT2D eigenvalue weighted by Gasteiger charge is 2.12. The van der Waals surface area contributed by atoms with Crippen molar-refractivity contribution in [3.63, 3.8) is 0 Å². The number of hydrogen-bond acceptors (Lipinski definition) is 5. The summed E-state index contributed by atoms with van der Waals surface area (Å²) in [5, 5.41) is 12.1. The highest BCUT2D eigenvalue weighted by atomic mass is 32.1. The van der Waals surface area contributed by atoms with Crippen molar-refractivity contribution >= 4 is 28.2 Å². The molecule has 21 heavy (non-hydrogen) atoms. The summed E-state index contributed by atoms with van der Waals surface area (Å²) in [7, 11) is 0. The van der Waals surface area contributed by atoms with E-state index in [0.717, 1.165) is 11.3 Å². The fraction of sp³-hybridized carbons (Fsp3) is 0.133. The SMILES string of the molecule is CC(=O)Nc1ccc(C(=O)OCc2ccccc2C#N)s1. The van der Waals surface area contributed by atoms with Gasteiger partial charge in [0.1, 0.15) is 11.5 Å². The van der Waals surface area contributed by atoms with Crippen molar-refractivity contribution in [1.29, 1.82) is 5.26 Å². The van der Waals surface area contributed by atoms with Gasteiger partial charge in [-0.3, -0.25) is 4.79 Å². The Labute approximate surface area is 125 Å². The minimum atomic E-state index is -0.482. The molecule has 2 rings (SSSR count). The summed E-state index contributed by atoms with van der Waals surface area (Å²) in [5.41, 5.74) is 1.14. The van der Waals surface area contributed by atoms with Crippen LogP contribution in [0.2, 0.25) is 0 Å². The number of thiophene rings is 1. The number of rotatable bonds is 4. The van der Waals surface area contributed by atoms with Crippen LogP contribution >= 0.6 is 11.3 Å². The Morgan fingerprint density at radius 2 is 2.05 bits per heavy atom. The Morgan fingerprint density at radius 1 is 1.29 bits per heavy atom. The van der Waals surface area contributed by atoms with E-state index in [1.54, 1.807) is 36.4 Å². The van der Waals surface area contributed by atoms with Gasteiger partial charge in [-0.05, 0) is 18.2 Å². The number of carbonyl (C=O) groups is 2. The molecule has 0 aliphatic rings. The molecular weight excluding hydrogens is 288 g/mol. The summed E-state index contributed by atoms with van der Waals surface area (Å²) < 4.78 is 5.18. The maximum atomic E-state index is 11.9. The molecule has 5 nitrogen and oxygen atoms in total. The summed E-state index contributed by atoms with van der Waals surface area (Å²) in [4.78, 5) is 23.2. The Balaban J connectivity index is 2.00. The number of amides is 1. The molecule has 0 saturated heterocycles. The lowest BCUT2D eigenvalue weighted by Gasteiger charge is -2.04. The van der Waals surface area contributed by atoms with Gasteiger partial charge >= 0.3 is 5.97 Å². The third kappa shape index (κ3) is 3.91. The van der Waals surface area contributed by atoms with E-state index in [2.05, 4.69) is 5.32 Å². The first-order valence-corrected chi connectivity index (χ1v) is 6.94. The van der Waals surface area contributed by atoms with E-state index < -0.39 is 5.97 Å². The normalized spacial score (nSPS) is 9.71. The minimum Gasteiger partial charge on any atom is -0.457 e. The van der Waals surface area contributed by atoms with Gasteiger partial charge in [0, 0.05) is 12.5 Å². The standard InChI is InChI=1S/C15H12N2O3S/c1-10(18)17-14-7-6-13(21-14)15(19)20-9-12-5-3-2-4-11(12)8-16/h2-7H,9H2,1H3,(H,17,18). The van der Waals surface area contributed by atoms with E-state index in [4.69, 9.17) is 10.00 Å². The number of hydrogen-bond donors (Lipinski definition) is 1. The first-order chi connectivity index (χ1) is 10.1. The number of nitrogens with one attached hydrogen (secondary N) is 1. The van der Waals surface area contributed by atoms with Crippen molar-refractivity contribution in [2.45, 2.75) is 13.5 Å². The predicted molar refractivity (Wildman–Crippen MR) is 78.9 cm³/mol. The maximum Gasteiger partial charge on any atom is 0.348 e. The van der Waals surface area contributed by atoms with Gasteiger partial charge in [0.2, 0.25) is 5.91 Å². The lowest BCUT2D eigenvalue weighted by atomic mass is 10.1. The number of ether oxygens (including phenoxy) is 1. The quantitative estimate of drug-likeness (QED) is 0.880. The number of nitriles is 1. The summed E-state index contributed by atoms with van der Waals surface area (Å²) in [6, 6.07) is 12.2. The van der Waals surface area contributed by atoms with E-state index >= 15 is 0 Å². The lowest BCUT2D eigenvalue weighted by Crippen LogP contribution is -2.05. The van der Waals surface area contributed by atoms with E-state index in [1.807, 2.05) is 6.07 Å². The van der Waals surface area contributed by atoms with Crippen LogP contribution in [0.4, 0.5) is 5.00 Å². The van der Waals surface area contributed by atoms with Crippen LogP contribution in [-0.4, -0.2) is 11.9 Å². The zero-order valence-corrected chi connectivity index (χ0v) is 12.1. The second-order valence-electron chi connectivity index (χ2n) is 4.19. The highest BCUT2D eigenvalue weighted by molar-refractivity contribution is 7.18. The predicted octanol–water partition coefficient (Wildman–Crippen LogP) is 2.94. The Hall–Kier alpha value is -2.65. The van der Waals surface area contributed by atoms with Gasteiger partial charge in [-0.2, -0.15) is 5.26 Å². The molecule has 0 saturated carbocycles. The van der Waals surface area contributed by atoms with E-state index in [9.17, 15) is 9.59 Å². The fourth-order valence-corrected chi connectivity index (χ4v) is 2.50. The minimum absolute atomic E-state index is 0.0376. The molecule has 1 amide bonds. The summed E-state index contributed by atoms with van der Waals surface area (Å²) in [6.07, 6.45) is 0. The van der Waals surface area contributed by atoms with E-state index in [1.165, 1.54) is 6.92 Å². The molecule has 0 aliphatic heterocycles. The van der Waals surface area contributed by atoms with Gasteiger partial charge in [-0.15, -0.1) is 11.3 Å². The molecule has 0 unspecified atom stereocenters. The number of benzene rings is 1. The van der Waals surface area contributed by atoms with Crippen molar-refractivity contribution in [1.82, 2.24) is 0 Å².